The fourth-order valence-corrected chi connectivity index (χ4v) is 1.93. The quantitative estimate of drug-likeness (QED) is 0.737. The second kappa shape index (κ2) is 5.89. The molecule has 4 nitrogen and oxygen atoms in total. The third-order valence-corrected chi connectivity index (χ3v) is 2.94. The normalized spacial score (nSPS) is 22.9. The van der Waals surface area contributed by atoms with Gasteiger partial charge < -0.3 is 20.5 Å². The van der Waals surface area contributed by atoms with Gasteiger partial charge in [0, 0.05) is 30.9 Å². The van der Waals surface area contributed by atoms with E-state index >= 15 is 0 Å². The maximum absolute atomic E-state index is 5.75. The van der Waals surface area contributed by atoms with Crippen LogP contribution in [0.1, 0.15) is 12.8 Å². The van der Waals surface area contributed by atoms with Crippen LogP contribution in [0, 0.1) is 0 Å². The van der Waals surface area contributed by atoms with E-state index in [1.54, 1.807) is 7.11 Å². The minimum atomic E-state index is 0.369. The topological polar surface area (TPSA) is 56.5 Å². The van der Waals surface area contributed by atoms with Gasteiger partial charge in [0.25, 0.3) is 0 Å². The van der Waals surface area contributed by atoms with Crippen LogP contribution in [0.25, 0.3) is 0 Å². The molecule has 0 bridgehead atoms. The zero-order chi connectivity index (χ0) is 12.1. The maximum Gasteiger partial charge on any atom is 0.121 e. The van der Waals surface area contributed by atoms with Gasteiger partial charge in [-0.3, -0.25) is 0 Å². The first kappa shape index (κ1) is 12.2. The Morgan fingerprint density at radius 2 is 2.18 bits per heavy atom. The fraction of sp³-hybridized carbons (Fsp3) is 0.538. The van der Waals surface area contributed by atoms with Crippen LogP contribution < -0.4 is 15.8 Å². The lowest BCUT2D eigenvalue weighted by Crippen LogP contribution is -2.44. The lowest BCUT2D eigenvalue weighted by atomic mass is 9.87. The Bertz CT molecular complexity index is 351. The van der Waals surface area contributed by atoms with Crippen LogP contribution in [0.3, 0.4) is 0 Å². The lowest BCUT2D eigenvalue weighted by Gasteiger charge is -2.33. The second-order valence-corrected chi connectivity index (χ2v) is 4.44. The molecule has 0 amide bonds. The molecule has 4 heteroatoms. The lowest BCUT2D eigenvalue weighted by molar-refractivity contribution is 0.146. The number of benzene rings is 1. The fourth-order valence-electron chi connectivity index (χ4n) is 1.93. The summed E-state index contributed by atoms with van der Waals surface area (Å²) in [7, 11) is 1.67. The zero-order valence-electron chi connectivity index (χ0n) is 10.2. The summed E-state index contributed by atoms with van der Waals surface area (Å²) in [4.78, 5) is 0. The molecular formula is C13H20N2O2. The Morgan fingerprint density at radius 3 is 2.88 bits per heavy atom. The van der Waals surface area contributed by atoms with Crippen molar-refractivity contribution in [2.75, 3.05) is 25.6 Å². The Hall–Kier alpha value is -1.26. The number of ether oxygens (including phenoxy) is 2. The van der Waals surface area contributed by atoms with Crippen molar-refractivity contribution in [2.45, 2.75) is 24.9 Å². The molecule has 17 heavy (non-hydrogen) atoms. The van der Waals surface area contributed by atoms with Crippen molar-refractivity contribution in [2.24, 2.45) is 5.73 Å². The van der Waals surface area contributed by atoms with E-state index in [4.69, 9.17) is 15.2 Å². The number of rotatable bonds is 6. The van der Waals surface area contributed by atoms with Crippen LogP contribution in [0.5, 0.6) is 5.75 Å². The summed E-state index contributed by atoms with van der Waals surface area (Å²) in [6, 6.07) is 8.89. The number of nitrogens with two attached hydrogens (primary N) is 1. The minimum absolute atomic E-state index is 0.369. The van der Waals surface area contributed by atoms with Gasteiger partial charge in [-0.05, 0) is 25.0 Å². The molecule has 1 aliphatic rings. The SMILES string of the molecule is COCCOc1cccc(NC2CC(N)C2)c1. The smallest absolute Gasteiger partial charge is 0.121 e. The van der Waals surface area contributed by atoms with Gasteiger partial charge in [-0.25, -0.2) is 0 Å². The summed E-state index contributed by atoms with van der Waals surface area (Å²) in [5, 5.41) is 3.45. The van der Waals surface area contributed by atoms with Gasteiger partial charge in [0.1, 0.15) is 12.4 Å². The number of hydrogen-bond donors (Lipinski definition) is 2. The number of anilines is 1. The van der Waals surface area contributed by atoms with E-state index in [2.05, 4.69) is 5.32 Å². The van der Waals surface area contributed by atoms with Crippen LogP contribution in [0.4, 0.5) is 5.69 Å². The van der Waals surface area contributed by atoms with Crippen molar-refractivity contribution < 1.29 is 9.47 Å². The van der Waals surface area contributed by atoms with E-state index in [9.17, 15) is 0 Å². The van der Waals surface area contributed by atoms with Crippen LogP contribution >= 0.6 is 0 Å². The van der Waals surface area contributed by atoms with Crippen molar-refractivity contribution >= 4 is 5.69 Å². The van der Waals surface area contributed by atoms with E-state index in [1.165, 1.54) is 0 Å². The van der Waals surface area contributed by atoms with Crippen molar-refractivity contribution in [1.82, 2.24) is 0 Å². The molecule has 1 aromatic carbocycles. The third kappa shape index (κ3) is 3.61. The molecule has 1 saturated carbocycles. The molecule has 0 heterocycles. The van der Waals surface area contributed by atoms with E-state index in [0.717, 1.165) is 24.3 Å². The van der Waals surface area contributed by atoms with E-state index in [0.29, 0.717) is 25.3 Å². The number of nitrogens with one attached hydrogen (secondary N) is 1. The second-order valence-electron chi connectivity index (χ2n) is 4.44. The van der Waals surface area contributed by atoms with Gasteiger partial charge in [0.05, 0.1) is 6.61 Å². The summed E-state index contributed by atoms with van der Waals surface area (Å²) < 4.78 is 10.5. The summed E-state index contributed by atoms with van der Waals surface area (Å²) in [5.41, 5.74) is 6.85. The van der Waals surface area contributed by atoms with Crippen LogP contribution in [-0.2, 0) is 4.74 Å². The molecule has 2 rings (SSSR count). The molecule has 3 N–H and O–H groups in total. The first-order valence-corrected chi connectivity index (χ1v) is 6.02. The molecule has 0 radical (unpaired) electrons. The zero-order valence-corrected chi connectivity index (χ0v) is 10.2. The van der Waals surface area contributed by atoms with E-state index in [1.807, 2.05) is 24.3 Å². The van der Waals surface area contributed by atoms with Crippen LogP contribution in [0.2, 0.25) is 0 Å². The third-order valence-electron chi connectivity index (χ3n) is 2.94. The van der Waals surface area contributed by atoms with Crippen LogP contribution in [-0.4, -0.2) is 32.4 Å². The molecule has 94 valence electrons. The maximum atomic E-state index is 5.75. The van der Waals surface area contributed by atoms with E-state index in [-0.39, 0.29) is 0 Å². The molecule has 0 spiro atoms. The predicted octanol–water partition coefficient (Wildman–Crippen LogP) is 1.61. The summed E-state index contributed by atoms with van der Waals surface area (Å²) >= 11 is 0. The molecule has 0 aromatic heterocycles. The van der Waals surface area contributed by atoms with Gasteiger partial charge >= 0.3 is 0 Å². The van der Waals surface area contributed by atoms with Crippen LogP contribution in [0.15, 0.2) is 24.3 Å². The monoisotopic (exact) mass is 236 g/mol. The largest absolute Gasteiger partial charge is 0.491 e. The van der Waals surface area contributed by atoms with Crippen molar-refractivity contribution in [1.29, 1.82) is 0 Å². The standard InChI is InChI=1S/C13H20N2O2/c1-16-5-6-17-13-4-2-3-11(9-13)15-12-7-10(14)8-12/h2-4,9-10,12,15H,5-8,14H2,1H3. The Balaban J connectivity index is 1.83. The highest BCUT2D eigenvalue weighted by Gasteiger charge is 2.25. The molecule has 1 aromatic rings. The van der Waals surface area contributed by atoms with E-state index < -0.39 is 0 Å². The molecular weight excluding hydrogens is 216 g/mol. The summed E-state index contributed by atoms with van der Waals surface area (Å²) in [6.45, 7) is 1.18. The Labute approximate surface area is 102 Å². The van der Waals surface area contributed by atoms with Gasteiger partial charge in [-0.2, -0.15) is 0 Å². The average molecular weight is 236 g/mol. The Morgan fingerprint density at radius 1 is 1.35 bits per heavy atom. The van der Waals surface area contributed by atoms with Gasteiger partial charge in [0.15, 0.2) is 0 Å². The van der Waals surface area contributed by atoms with Gasteiger partial charge in [-0.15, -0.1) is 0 Å². The van der Waals surface area contributed by atoms with Gasteiger partial charge in [0.2, 0.25) is 0 Å². The van der Waals surface area contributed by atoms with Crippen molar-refractivity contribution in [3.8, 4) is 5.75 Å². The molecule has 0 aliphatic heterocycles. The van der Waals surface area contributed by atoms with Crippen molar-refractivity contribution in [3.05, 3.63) is 24.3 Å². The highest BCUT2D eigenvalue weighted by Crippen LogP contribution is 2.24. The summed E-state index contributed by atoms with van der Waals surface area (Å²) in [6.07, 6.45) is 2.10. The Kier molecular flexibility index (Phi) is 4.23. The molecule has 1 fully saturated rings. The number of hydrogen-bond acceptors (Lipinski definition) is 4. The molecule has 0 atom stereocenters. The molecule has 0 saturated heterocycles. The molecule has 1 aliphatic carbocycles. The highest BCUT2D eigenvalue weighted by atomic mass is 16.5. The highest BCUT2D eigenvalue weighted by molar-refractivity contribution is 5.49. The number of methoxy groups -OCH3 is 1. The first-order chi connectivity index (χ1) is 8.28. The minimum Gasteiger partial charge on any atom is -0.491 e. The van der Waals surface area contributed by atoms with Crippen molar-refractivity contribution in [3.63, 3.8) is 0 Å². The summed E-state index contributed by atoms with van der Waals surface area (Å²) in [5.74, 6) is 0.871. The molecule has 0 unspecified atom stereocenters. The predicted molar refractivity (Wildman–Crippen MR) is 68.4 cm³/mol. The average Bonchev–Trinajstić information content (AvgIpc) is 2.28. The first-order valence-electron chi connectivity index (χ1n) is 6.02. The van der Waals surface area contributed by atoms with Gasteiger partial charge in [-0.1, -0.05) is 6.07 Å².